The SMILES string of the molecule is Cc1cccc(S(=O)(=O)Nc2cccc(C(=O)O)c2C)c1. The quantitative estimate of drug-likeness (QED) is 0.909. The van der Waals surface area contributed by atoms with Gasteiger partial charge in [-0.3, -0.25) is 4.72 Å². The highest BCUT2D eigenvalue weighted by atomic mass is 32.2. The standard InChI is InChI=1S/C15H15NO4S/c1-10-5-3-6-12(9-10)21(19,20)16-14-8-4-7-13(11(14)2)15(17)18/h3-9,16H,1-2H3,(H,17,18). The molecule has 0 aliphatic heterocycles. The summed E-state index contributed by atoms with van der Waals surface area (Å²) in [6.45, 7) is 3.37. The van der Waals surface area contributed by atoms with Gasteiger partial charge in [0, 0.05) is 0 Å². The number of sulfonamides is 1. The van der Waals surface area contributed by atoms with Gasteiger partial charge in [-0.15, -0.1) is 0 Å². The van der Waals surface area contributed by atoms with Crippen LogP contribution in [0.3, 0.4) is 0 Å². The fraction of sp³-hybridized carbons (Fsp3) is 0.133. The molecule has 0 fully saturated rings. The lowest BCUT2D eigenvalue weighted by Crippen LogP contribution is -2.15. The Kier molecular flexibility index (Phi) is 3.99. The van der Waals surface area contributed by atoms with Crippen molar-refractivity contribution < 1.29 is 18.3 Å². The zero-order valence-corrected chi connectivity index (χ0v) is 12.4. The van der Waals surface area contributed by atoms with E-state index in [0.29, 0.717) is 5.56 Å². The maximum atomic E-state index is 12.3. The minimum absolute atomic E-state index is 0.0689. The van der Waals surface area contributed by atoms with Crippen LogP contribution in [0.4, 0.5) is 5.69 Å². The van der Waals surface area contributed by atoms with Crippen LogP contribution in [-0.4, -0.2) is 19.5 Å². The van der Waals surface area contributed by atoms with E-state index in [1.54, 1.807) is 32.0 Å². The van der Waals surface area contributed by atoms with Crippen LogP contribution in [0.2, 0.25) is 0 Å². The van der Waals surface area contributed by atoms with Crippen molar-refractivity contribution in [2.75, 3.05) is 4.72 Å². The van der Waals surface area contributed by atoms with E-state index in [9.17, 15) is 13.2 Å². The molecule has 110 valence electrons. The fourth-order valence-electron chi connectivity index (χ4n) is 1.96. The maximum Gasteiger partial charge on any atom is 0.336 e. The van der Waals surface area contributed by atoms with Gasteiger partial charge >= 0.3 is 5.97 Å². The molecular weight excluding hydrogens is 290 g/mol. The molecule has 0 radical (unpaired) electrons. The number of hydrogen-bond donors (Lipinski definition) is 2. The number of carbonyl (C=O) groups is 1. The smallest absolute Gasteiger partial charge is 0.336 e. The lowest BCUT2D eigenvalue weighted by atomic mass is 10.1. The summed E-state index contributed by atoms with van der Waals surface area (Å²) in [6.07, 6.45) is 0. The Morgan fingerprint density at radius 1 is 1.10 bits per heavy atom. The molecular formula is C15H15NO4S. The topological polar surface area (TPSA) is 83.5 Å². The van der Waals surface area contributed by atoms with Crippen molar-refractivity contribution in [1.29, 1.82) is 0 Å². The van der Waals surface area contributed by atoms with Crippen LogP contribution in [0.5, 0.6) is 0 Å². The largest absolute Gasteiger partial charge is 0.478 e. The lowest BCUT2D eigenvalue weighted by Gasteiger charge is -2.12. The molecule has 2 rings (SSSR count). The zero-order valence-electron chi connectivity index (χ0n) is 11.6. The van der Waals surface area contributed by atoms with E-state index in [-0.39, 0.29) is 16.1 Å². The van der Waals surface area contributed by atoms with Crippen LogP contribution >= 0.6 is 0 Å². The molecule has 0 saturated carbocycles. The monoisotopic (exact) mass is 305 g/mol. The molecule has 0 saturated heterocycles. The summed E-state index contributed by atoms with van der Waals surface area (Å²) in [4.78, 5) is 11.2. The van der Waals surface area contributed by atoms with E-state index in [1.807, 2.05) is 0 Å². The fourth-order valence-corrected chi connectivity index (χ4v) is 3.19. The molecule has 0 spiro atoms. The molecule has 0 atom stereocenters. The van der Waals surface area contributed by atoms with Crippen molar-refractivity contribution in [3.05, 3.63) is 59.2 Å². The third-order valence-corrected chi connectivity index (χ3v) is 4.47. The van der Waals surface area contributed by atoms with Crippen LogP contribution in [0.1, 0.15) is 21.5 Å². The summed E-state index contributed by atoms with van der Waals surface area (Å²) in [7, 11) is -3.74. The van der Waals surface area contributed by atoms with E-state index in [0.717, 1.165) is 5.56 Å². The second kappa shape index (κ2) is 5.57. The molecule has 2 aromatic carbocycles. The second-order valence-corrected chi connectivity index (χ2v) is 6.39. The number of rotatable bonds is 4. The molecule has 2 aromatic rings. The number of carboxylic acids is 1. The van der Waals surface area contributed by atoms with Crippen LogP contribution in [-0.2, 0) is 10.0 Å². The molecule has 2 N–H and O–H groups in total. The number of nitrogens with one attached hydrogen (secondary N) is 1. The molecule has 0 aliphatic rings. The van der Waals surface area contributed by atoms with Crippen LogP contribution in [0, 0.1) is 13.8 Å². The number of hydrogen-bond acceptors (Lipinski definition) is 3. The van der Waals surface area contributed by atoms with Gasteiger partial charge in [-0.05, 0) is 49.2 Å². The Labute approximate surface area is 123 Å². The van der Waals surface area contributed by atoms with Gasteiger partial charge in [0.1, 0.15) is 0 Å². The highest BCUT2D eigenvalue weighted by Gasteiger charge is 2.17. The van der Waals surface area contributed by atoms with Gasteiger partial charge < -0.3 is 5.11 Å². The number of aryl methyl sites for hydroxylation is 1. The molecule has 0 heterocycles. The average Bonchev–Trinajstić information content (AvgIpc) is 2.40. The Morgan fingerprint density at radius 2 is 1.76 bits per heavy atom. The molecule has 5 nitrogen and oxygen atoms in total. The van der Waals surface area contributed by atoms with E-state index in [1.165, 1.54) is 24.3 Å². The summed E-state index contributed by atoms with van der Waals surface area (Å²) in [5, 5.41) is 9.06. The Morgan fingerprint density at radius 3 is 2.38 bits per heavy atom. The van der Waals surface area contributed by atoms with Gasteiger partial charge in [0.2, 0.25) is 0 Å². The summed E-state index contributed by atoms with van der Waals surface area (Å²) < 4.78 is 27.1. The van der Waals surface area contributed by atoms with Crippen molar-refractivity contribution in [2.24, 2.45) is 0 Å². The number of carboxylic acid groups (broad SMARTS) is 1. The molecule has 21 heavy (non-hydrogen) atoms. The van der Waals surface area contributed by atoms with Gasteiger partial charge in [0.15, 0.2) is 0 Å². The minimum Gasteiger partial charge on any atom is -0.478 e. The maximum absolute atomic E-state index is 12.3. The van der Waals surface area contributed by atoms with Crippen molar-refractivity contribution in [3.8, 4) is 0 Å². The first-order valence-corrected chi connectivity index (χ1v) is 7.72. The molecule has 0 unspecified atom stereocenters. The van der Waals surface area contributed by atoms with E-state index in [2.05, 4.69) is 4.72 Å². The van der Waals surface area contributed by atoms with Gasteiger partial charge in [0.25, 0.3) is 10.0 Å². The van der Waals surface area contributed by atoms with Crippen LogP contribution in [0.15, 0.2) is 47.4 Å². The van der Waals surface area contributed by atoms with E-state index >= 15 is 0 Å². The normalized spacial score (nSPS) is 11.1. The third-order valence-electron chi connectivity index (χ3n) is 3.11. The summed E-state index contributed by atoms with van der Waals surface area (Å²) in [6, 6.07) is 11.0. The number of benzene rings is 2. The van der Waals surface area contributed by atoms with E-state index < -0.39 is 16.0 Å². The molecule has 0 aromatic heterocycles. The van der Waals surface area contributed by atoms with Crippen molar-refractivity contribution in [2.45, 2.75) is 18.7 Å². The summed E-state index contributed by atoms with van der Waals surface area (Å²) in [5.41, 5.74) is 1.53. The Balaban J connectivity index is 2.42. The molecule has 6 heteroatoms. The predicted molar refractivity (Wildman–Crippen MR) is 80.1 cm³/mol. The molecule has 0 aliphatic carbocycles. The van der Waals surface area contributed by atoms with Gasteiger partial charge in [-0.1, -0.05) is 18.2 Å². The van der Waals surface area contributed by atoms with Crippen molar-refractivity contribution in [3.63, 3.8) is 0 Å². The van der Waals surface area contributed by atoms with E-state index in [4.69, 9.17) is 5.11 Å². The number of anilines is 1. The lowest BCUT2D eigenvalue weighted by molar-refractivity contribution is 0.0696. The first-order valence-electron chi connectivity index (χ1n) is 6.23. The van der Waals surface area contributed by atoms with Crippen LogP contribution < -0.4 is 4.72 Å². The number of aromatic carboxylic acids is 1. The van der Waals surface area contributed by atoms with Crippen molar-refractivity contribution in [1.82, 2.24) is 0 Å². The third kappa shape index (κ3) is 3.22. The predicted octanol–water partition coefficient (Wildman–Crippen LogP) is 2.80. The Bertz CT molecular complexity index is 797. The summed E-state index contributed by atoms with van der Waals surface area (Å²) >= 11 is 0. The van der Waals surface area contributed by atoms with Crippen molar-refractivity contribution >= 4 is 21.7 Å². The molecule has 0 bridgehead atoms. The van der Waals surface area contributed by atoms with Gasteiger partial charge in [-0.2, -0.15) is 0 Å². The first-order chi connectivity index (χ1) is 9.81. The Hall–Kier alpha value is -2.34. The summed E-state index contributed by atoms with van der Waals surface area (Å²) in [5.74, 6) is -1.09. The van der Waals surface area contributed by atoms with Gasteiger partial charge in [-0.25, -0.2) is 13.2 Å². The van der Waals surface area contributed by atoms with Crippen LogP contribution in [0.25, 0.3) is 0 Å². The second-order valence-electron chi connectivity index (χ2n) is 4.71. The average molecular weight is 305 g/mol. The molecule has 0 amide bonds. The highest BCUT2D eigenvalue weighted by molar-refractivity contribution is 7.92. The first kappa shape index (κ1) is 15.1. The minimum atomic E-state index is -3.74. The zero-order chi connectivity index (χ0) is 15.6. The van der Waals surface area contributed by atoms with Gasteiger partial charge in [0.05, 0.1) is 16.1 Å². The highest BCUT2D eigenvalue weighted by Crippen LogP contribution is 2.22.